The lowest BCUT2D eigenvalue weighted by molar-refractivity contribution is 0.668. The Bertz CT molecular complexity index is 611. The van der Waals surface area contributed by atoms with Gasteiger partial charge in [0.1, 0.15) is 24.0 Å². The van der Waals surface area contributed by atoms with Crippen LogP contribution in [0.25, 0.3) is 0 Å². The molecule has 19 heavy (non-hydrogen) atoms. The second-order valence-electron chi connectivity index (χ2n) is 4.59. The first-order valence-corrected chi connectivity index (χ1v) is 6.38. The Balaban J connectivity index is 1.85. The predicted molar refractivity (Wildman–Crippen MR) is 69.3 cm³/mol. The van der Waals surface area contributed by atoms with Crippen molar-refractivity contribution in [3.05, 3.63) is 35.0 Å². The number of pyridine rings is 1. The number of aromatic amines is 1. The number of aryl methyl sites for hydroxylation is 2. The van der Waals surface area contributed by atoms with Crippen LogP contribution in [0.4, 0.5) is 5.82 Å². The van der Waals surface area contributed by atoms with Crippen molar-refractivity contribution in [1.29, 1.82) is 5.26 Å². The standard InChI is InChI=1S/C13H14N6/c14-6-10-5-9-3-1-2-4-11(9)18-13(10)15-7-12-16-8-17-19-12/h5,8H,1-4,7H2,(H,15,18)(H,16,17,19). The van der Waals surface area contributed by atoms with E-state index < -0.39 is 0 Å². The van der Waals surface area contributed by atoms with Gasteiger partial charge in [-0.1, -0.05) is 0 Å². The Kier molecular flexibility index (Phi) is 3.11. The summed E-state index contributed by atoms with van der Waals surface area (Å²) in [4.78, 5) is 8.62. The zero-order valence-corrected chi connectivity index (χ0v) is 10.5. The molecule has 0 amide bonds. The van der Waals surface area contributed by atoms with E-state index in [9.17, 15) is 5.26 Å². The van der Waals surface area contributed by atoms with Crippen LogP contribution in [0.5, 0.6) is 0 Å². The molecule has 0 atom stereocenters. The number of H-pyrrole nitrogens is 1. The highest BCUT2D eigenvalue weighted by molar-refractivity contribution is 5.54. The van der Waals surface area contributed by atoms with Crippen molar-refractivity contribution in [3.63, 3.8) is 0 Å². The van der Waals surface area contributed by atoms with Gasteiger partial charge < -0.3 is 5.32 Å². The third-order valence-electron chi connectivity index (χ3n) is 3.31. The molecule has 96 valence electrons. The maximum absolute atomic E-state index is 9.21. The molecule has 0 spiro atoms. The maximum Gasteiger partial charge on any atom is 0.144 e. The van der Waals surface area contributed by atoms with Gasteiger partial charge in [-0.2, -0.15) is 10.4 Å². The van der Waals surface area contributed by atoms with Gasteiger partial charge in [-0.15, -0.1) is 0 Å². The first-order chi connectivity index (χ1) is 9.36. The molecule has 0 fully saturated rings. The highest BCUT2D eigenvalue weighted by Crippen LogP contribution is 2.24. The lowest BCUT2D eigenvalue weighted by Gasteiger charge is -2.17. The van der Waals surface area contributed by atoms with E-state index in [4.69, 9.17) is 0 Å². The van der Waals surface area contributed by atoms with Crippen molar-refractivity contribution in [2.45, 2.75) is 32.2 Å². The summed E-state index contributed by atoms with van der Waals surface area (Å²) in [6, 6.07) is 4.17. The van der Waals surface area contributed by atoms with Crippen LogP contribution in [-0.4, -0.2) is 20.2 Å². The average molecular weight is 254 g/mol. The summed E-state index contributed by atoms with van der Waals surface area (Å²) in [5.41, 5.74) is 2.93. The zero-order chi connectivity index (χ0) is 13.1. The van der Waals surface area contributed by atoms with Crippen molar-refractivity contribution >= 4 is 5.82 Å². The topological polar surface area (TPSA) is 90.3 Å². The predicted octanol–water partition coefficient (Wildman–Crippen LogP) is 1.56. The van der Waals surface area contributed by atoms with Crippen molar-refractivity contribution in [2.75, 3.05) is 5.32 Å². The monoisotopic (exact) mass is 254 g/mol. The Hall–Kier alpha value is -2.42. The van der Waals surface area contributed by atoms with E-state index >= 15 is 0 Å². The summed E-state index contributed by atoms with van der Waals surface area (Å²) in [5, 5.41) is 18.9. The number of nitriles is 1. The number of hydrogen-bond donors (Lipinski definition) is 2. The zero-order valence-electron chi connectivity index (χ0n) is 10.5. The van der Waals surface area contributed by atoms with E-state index in [1.807, 2.05) is 6.07 Å². The molecule has 0 bridgehead atoms. The maximum atomic E-state index is 9.21. The Morgan fingerprint density at radius 2 is 2.26 bits per heavy atom. The molecular formula is C13H14N6. The Morgan fingerprint density at radius 3 is 3.05 bits per heavy atom. The molecule has 0 unspecified atom stereocenters. The second-order valence-corrected chi connectivity index (χ2v) is 4.59. The Morgan fingerprint density at radius 1 is 1.37 bits per heavy atom. The molecule has 6 nitrogen and oxygen atoms in total. The molecule has 2 aromatic heterocycles. The summed E-state index contributed by atoms with van der Waals surface area (Å²) in [5.74, 6) is 1.36. The summed E-state index contributed by atoms with van der Waals surface area (Å²) in [7, 11) is 0. The number of anilines is 1. The minimum absolute atomic E-state index is 0.487. The van der Waals surface area contributed by atoms with Gasteiger partial charge in [0, 0.05) is 5.69 Å². The highest BCUT2D eigenvalue weighted by atomic mass is 15.2. The molecule has 0 radical (unpaired) electrons. The smallest absolute Gasteiger partial charge is 0.144 e. The number of aromatic nitrogens is 4. The number of fused-ring (bicyclic) bond motifs is 1. The molecule has 3 rings (SSSR count). The lowest BCUT2D eigenvalue weighted by Crippen LogP contribution is -2.11. The van der Waals surface area contributed by atoms with Gasteiger partial charge in [0.05, 0.1) is 12.1 Å². The molecule has 2 N–H and O–H groups in total. The van der Waals surface area contributed by atoms with Gasteiger partial charge in [0.2, 0.25) is 0 Å². The molecule has 0 saturated heterocycles. The van der Waals surface area contributed by atoms with Gasteiger partial charge in [-0.05, 0) is 37.3 Å². The average Bonchev–Trinajstić information content (AvgIpc) is 2.97. The van der Waals surface area contributed by atoms with Gasteiger partial charge in [0.25, 0.3) is 0 Å². The van der Waals surface area contributed by atoms with E-state index in [2.05, 4.69) is 31.6 Å². The van der Waals surface area contributed by atoms with E-state index in [0.29, 0.717) is 17.9 Å². The summed E-state index contributed by atoms with van der Waals surface area (Å²) < 4.78 is 0. The van der Waals surface area contributed by atoms with Gasteiger partial charge >= 0.3 is 0 Å². The fourth-order valence-electron chi connectivity index (χ4n) is 2.34. The SMILES string of the molecule is N#Cc1cc2c(nc1NCc1ncn[nH]1)CCCC2. The van der Waals surface area contributed by atoms with E-state index in [1.165, 1.54) is 24.7 Å². The molecule has 1 aliphatic carbocycles. The van der Waals surface area contributed by atoms with Gasteiger partial charge in [-0.25, -0.2) is 9.97 Å². The van der Waals surface area contributed by atoms with Crippen LogP contribution in [0.1, 0.15) is 35.5 Å². The molecule has 0 aromatic carbocycles. The number of nitrogens with zero attached hydrogens (tertiary/aromatic N) is 4. The lowest BCUT2D eigenvalue weighted by atomic mass is 9.95. The van der Waals surface area contributed by atoms with E-state index in [1.54, 1.807) is 0 Å². The highest BCUT2D eigenvalue weighted by Gasteiger charge is 2.15. The van der Waals surface area contributed by atoms with Crippen LogP contribution < -0.4 is 5.32 Å². The van der Waals surface area contributed by atoms with E-state index in [0.717, 1.165) is 24.4 Å². The first-order valence-electron chi connectivity index (χ1n) is 6.38. The van der Waals surface area contributed by atoms with Crippen LogP contribution >= 0.6 is 0 Å². The number of nitrogens with one attached hydrogen (secondary N) is 2. The van der Waals surface area contributed by atoms with Crippen molar-refractivity contribution in [1.82, 2.24) is 20.2 Å². The van der Waals surface area contributed by atoms with Crippen molar-refractivity contribution in [3.8, 4) is 6.07 Å². The molecule has 0 aliphatic heterocycles. The summed E-state index contributed by atoms with van der Waals surface area (Å²) in [6.07, 6.45) is 5.85. The largest absolute Gasteiger partial charge is 0.362 e. The van der Waals surface area contributed by atoms with Crippen LogP contribution in [0.3, 0.4) is 0 Å². The van der Waals surface area contributed by atoms with Crippen LogP contribution in [0.15, 0.2) is 12.4 Å². The summed E-state index contributed by atoms with van der Waals surface area (Å²) in [6.45, 7) is 0.487. The quantitative estimate of drug-likeness (QED) is 0.867. The fourth-order valence-corrected chi connectivity index (χ4v) is 2.34. The number of hydrogen-bond acceptors (Lipinski definition) is 5. The van der Waals surface area contributed by atoms with Crippen LogP contribution in [0.2, 0.25) is 0 Å². The molecule has 2 aromatic rings. The molecule has 1 aliphatic rings. The first kappa shape index (κ1) is 11.7. The second kappa shape index (κ2) is 5.06. The fraction of sp³-hybridized carbons (Fsp3) is 0.385. The van der Waals surface area contributed by atoms with Crippen molar-refractivity contribution in [2.24, 2.45) is 0 Å². The number of rotatable bonds is 3. The summed E-state index contributed by atoms with van der Waals surface area (Å²) >= 11 is 0. The van der Waals surface area contributed by atoms with Gasteiger partial charge in [-0.3, -0.25) is 5.10 Å². The minimum atomic E-state index is 0.487. The normalized spacial score (nSPS) is 13.6. The van der Waals surface area contributed by atoms with Crippen LogP contribution in [-0.2, 0) is 19.4 Å². The van der Waals surface area contributed by atoms with Crippen molar-refractivity contribution < 1.29 is 0 Å². The van der Waals surface area contributed by atoms with Gasteiger partial charge in [0.15, 0.2) is 0 Å². The molecule has 6 heteroatoms. The molecular weight excluding hydrogens is 240 g/mol. The molecule has 0 saturated carbocycles. The Labute approximate surface area is 110 Å². The third-order valence-corrected chi connectivity index (χ3v) is 3.31. The minimum Gasteiger partial charge on any atom is -0.362 e. The van der Waals surface area contributed by atoms with Crippen LogP contribution in [0, 0.1) is 11.3 Å². The van der Waals surface area contributed by atoms with E-state index in [-0.39, 0.29) is 0 Å². The molecule has 2 heterocycles. The third kappa shape index (κ3) is 2.40.